The van der Waals surface area contributed by atoms with Crippen LogP contribution in [0.3, 0.4) is 0 Å². The first-order chi connectivity index (χ1) is 13.9. The molecule has 2 saturated heterocycles. The van der Waals surface area contributed by atoms with Crippen molar-refractivity contribution in [1.82, 2.24) is 20.1 Å². The van der Waals surface area contributed by atoms with Gasteiger partial charge in [-0.1, -0.05) is 20.8 Å². The van der Waals surface area contributed by atoms with Crippen LogP contribution in [0.1, 0.15) is 52.2 Å². The van der Waals surface area contributed by atoms with Gasteiger partial charge in [0.05, 0.1) is 19.4 Å². The summed E-state index contributed by atoms with van der Waals surface area (Å²) in [5, 5.41) is 3.36. The summed E-state index contributed by atoms with van der Waals surface area (Å²) >= 11 is 0. The van der Waals surface area contributed by atoms with Gasteiger partial charge >= 0.3 is 0 Å². The fraction of sp³-hybridized carbons (Fsp3) is 0.762. The van der Waals surface area contributed by atoms with Gasteiger partial charge in [-0.05, 0) is 19.8 Å². The first-order valence-corrected chi connectivity index (χ1v) is 10.7. The Morgan fingerprint density at radius 1 is 1.21 bits per heavy atom. The molecule has 29 heavy (non-hydrogen) atoms. The van der Waals surface area contributed by atoms with Crippen LogP contribution in [-0.4, -0.2) is 72.6 Å². The Labute approximate surface area is 173 Å². The molecule has 2 aliphatic heterocycles. The van der Waals surface area contributed by atoms with Gasteiger partial charge in [-0.25, -0.2) is 9.98 Å². The number of nitrogens with zero attached hydrogens (tertiary/aromatic N) is 4. The van der Waals surface area contributed by atoms with Crippen molar-refractivity contribution >= 4 is 11.9 Å². The van der Waals surface area contributed by atoms with Gasteiger partial charge in [0.2, 0.25) is 11.8 Å². The molecule has 0 aromatic carbocycles. The number of nitrogens with one attached hydrogen (secondary N) is 1. The van der Waals surface area contributed by atoms with Gasteiger partial charge in [0.15, 0.2) is 5.96 Å². The maximum Gasteiger partial charge on any atom is 0.225 e. The van der Waals surface area contributed by atoms with Crippen LogP contribution in [0, 0.1) is 5.92 Å². The molecule has 0 radical (unpaired) electrons. The number of aromatic nitrogens is 1. The summed E-state index contributed by atoms with van der Waals surface area (Å²) in [5.74, 6) is 2.75. The van der Waals surface area contributed by atoms with Crippen LogP contribution in [-0.2, 0) is 21.5 Å². The predicted octanol–water partition coefficient (Wildman–Crippen LogP) is 2.01. The second-order valence-corrected chi connectivity index (χ2v) is 8.74. The lowest BCUT2D eigenvalue weighted by Gasteiger charge is -2.36. The summed E-state index contributed by atoms with van der Waals surface area (Å²) in [6.45, 7) is 14.0. The third kappa shape index (κ3) is 5.72. The Morgan fingerprint density at radius 2 is 1.90 bits per heavy atom. The maximum absolute atomic E-state index is 12.7. The molecule has 2 fully saturated rings. The summed E-state index contributed by atoms with van der Waals surface area (Å²) in [6, 6.07) is 0. The molecule has 0 spiro atoms. The van der Waals surface area contributed by atoms with Gasteiger partial charge in [-0.3, -0.25) is 4.79 Å². The molecule has 2 aliphatic rings. The van der Waals surface area contributed by atoms with E-state index in [9.17, 15) is 4.79 Å². The third-order valence-electron chi connectivity index (χ3n) is 5.46. The number of hydrogen-bond donors (Lipinski definition) is 1. The van der Waals surface area contributed by atoms with E-state index in [2.05, 4.69) is 42.9 Å². The lowest BCUT2D eigenvalue weighted by atomic mass is 9.94. The molecule has 0 atom stereocenters. The highest BCUT2D eigenvalue weighted by Crippen LogP contribution is 2.23. The molecule has 0 aliphatic carbocycles. The number of guanidine groups is 1. The number of morpholine rings is 1. The number of carbonyl (C=O) groups is 1. The molecule has 8 nitrogen and oxygen atoms in total. The Hall–Kier alpha value is -2.09. The predicted molar refractivity (Wildman–Crippen MR) is 112 cm³/mol. The zero-order valence-electron chi connectivity index (χ0n) is 18.2. The number of carbonyl (C=O) groups excluding carboxylic acids is 1. The number of ether oxygens (including phenoxy) is 1. The summed E-state index contributed by atoms with van der Waals surface area (Å²) in [7, 11) is 0. The zero-order valence-corrected chi connectivity index (χ0v) is 18.2. The number of amides is 1. The normalized spacial score (nSPS) is 19.5. The SMILES string of the molecule is CCNC(=NCc1ncc(C(C)(C)C)o1)N1CCC(C(=O)N2CCOCC2)CC1. The minimum Gasteiger partial charge on any atom is -0.443 e. The fourth-order valence-corrected chi connectivity index (χ4v) is 3.68. The highest BCUT2D eigenvalue weighted by molar-refractivity contribution is 5.81. The maximum atomic E-state index is 12.7. The van der Waals surface area contributed by atoms with Gasteiger partial charge in [-0.15, -0.1) is 0 Å². The topological polar surface area (TPSA) is 83.2 Å². The van der Waals surface area contributed by atoms with Gasteiger partial charge < -0.3 is 24.3 Å². The van der Waals surface area contributed by atoms with E-state index in [0.29, 0.717) is 25.6 Å². The fourth-order valence-electron chi connectivity index (χ4n) is 3.68. The van der Waals surface area contributed by atoms with Crippen molar-refractivity contribution in [2.75, 3.05) is 45.9 Å². The van der Waals surface area contributed by atoms with Crippen LogP contribution >= 0.6 is 0 Å². The highest BCUT2D eigenvalue weighted by Gasteiger charge is 2.30. The second-order valence-electron chi connectivity index (χ2n) is 8.74. The first-order valence-electron chi connectivity index (χ1n) is 10.7. The standard InChI is InChI=1S/C21H35N5O3/c1-5-22-20(24-15-18-23-14-17(29-18)21(2,3)4)26-8-6-16(7-9-26)19(27)25-10-12-28-13-11-25/h14,16H,5-13,15H2,1-4H3,(H,22,24). The van der Waals surface area contributed by atoms with Crippen LogP contribution < -0.4 is 5.32 Å². The molecule has 1 N–H and O–H groups in total. The van der Waals surface area contributed by atoms with E-state index in [1.165, 1.54) is 0 Å². The minimum atomic E-state index is -0.0611. The molecule has 0 bridgehead atoms. The van der Waals surface area contributed by atoms with E-state index in [-0.39, 0.29) is 17.2 Å². The second kappa shape index (κ2) is 9.61. The van der Waals surface area contributed by atoms with E-state index in [1.807, 2.05) is 4.90 Å². The number of aliphatic imine (C=N–C) groups is 1. The smallest absolute Gasteiger partial charge is 0.225 e. The summed E-state index contributed by atoms with van der Waals surface area (Å²) in [5.41, 5.74) is -0.0611. The van der Waals surface area contributed by atoms with E-state index < -0.39 is 0 Å². The van der Waals surface area contributed by atoms with E-state index in [1.54, 1.807) is 6.20 Å². The summed E-state index contributed by atoms with van der Waals surface area (Å²) in [4.78, 5) is 26.0. The zero-order chi connectivity index (χ0) is 20.9. The van der Waals surface area contributed by atoms with Crippen molar-refractivity contribution in [3.05, 3.63) is 17.8 Å². The van der Waals surface area contributed by atoms with Gasteiger partial charge in [0, 0.05) is 44.1 Å². The van der Waals surface area contributed by atoms with Crippen molar-refractivity contribution in [3.63, 3.8) is 0 Å². The molecule has 3 heterocycles. The van der Waals surface area contributed by atoms with E-state index >= 15 is 0 Å². The molecule has 1 aromatic rings. The Morgan fingerprint density at radius 3 is 2.48 bits per heavy atom. The quantitative estimate of drug-likeness (QED) is 0.609. The van der Waals surface area contributed by atoms with Crippen LogP contribution in [0.2, 0.25) is 0 Å². The van der Waals surface area contributed by atoms with Crippen LogP contribution in [0.25, 0.3) is 0 Å². The van der Waals surface area contributed by atoms with Crippen molar-refractivity contribution in [2.24, 2.45) is 10.9 Å². The molecule has 1 aromatic heterocycles. The Kier molecular flexibility index (Phi) is 7.16. The van der Waals surface area contributed by atoms with Crippen LogP contribution in [0.4, 0.5) is 0 Å². The number of hydrogen-bond acceptors (Lipinski definition) is 5. The van der Waals surface area contributed by atoms with Crippen LogP contribution in [0.5, 0.6) is 0 Å². The van der Waals surface area contributed by atoms with Crippen molar-refractivity contribution in [3.8, 4) is 0 Å². The number of likely N-dealkylation sites (tertiary alicyclic amines) is 1. The molecule has 162 valence electrons. The summed E-state index contributed by atoms with van der Waals surface area (Å²) < 4.78 is 11.2. The average Bonchev–Trinajstić information content (AvgIpc) is 3.21. The molecular weight excluding hydrogens is 370 g/mol. The Balaban J connectivity index is 1.56. The lowest BCUT2D eigenvalue weighted by molar-refractivity contribution is -0.140. The molecular formula is C21H35N5O3. The first kappa shape index (κ1) is 21.6. The van der Waals surface area contributed by atoms with E-state index in [4.69, 9.17) is 14.1 Å². The van der Waals surface area contributed by atoms with Crippen molar-refractivity contribution < 1.29 is 13.9 Å². The molecule has 8 heteroatoms. The largest absolute Gasteiger partial charge is 0.443 e. The number of oxazole rings is 1. The van der Waals surface area contributed by atoms with Gasteiger partial charge in [0.1, 0.15) is 12.3 Å². The average molecular weight is 406 g/mol. The Bertz CT molecular complexity index is 695. The summed E-state index contributed by atoms with van der Waals surface area (Å²) in [6.07, 6.45) is 3.50. The van der Waals surface area contributed by atoms with Crippen molar-refractivity contribution in [2.45, 2.75) is 52.5 Å². The number of rotatable bonds is 4. The van der Waals surface area contributed by atoms with E-state index in [0.717, 1.165) is 57.3 Å². The van der Waals surface area contributed by atoms with Crippen LogP contribution in [0.15, 0.2) is 15.6 Å². The lowest BCUT2D eigenvalue weighted by Crippen LogP contribution is -2.50. The molecule has 0 saturated carbocycles. The molecule has 0 unspecified atom stereocenters. The highest BCUT2D eigenvalue weighted by atomic mass is 16.5. The van der Waals surface area contributed by atoms with Crippen molar-refractivity contribution in [1.29, 1.82) is 0 Å². The van der Waals surface area contributed by atoms with Gasteiger partial charge in [-0.2, -0.15) is 0 Å². The minimum absolute atomic E-state index is 0.0611. The third-order valence-corrected chi connectivity index (χ3v) is 5.46. The molecule has 3 rings (SSSR count). The number of piperidine rings is 1. The molecule has 1 amide bonds. The van der Waals surface area contributed by atoms with Gasteiger partial charge in [0.25, 0.3) is 0 Å². The monoisotopic (exact) mass is 405 g/mol.